The number of nitrogens with two attached hydrogens (primary N) is 2. The van der Waals surface area contributed by atoms with Gasteiger partial charge in [0, 0.05) is 6.54 Å². The van der Waals surface area contributed by atoms with Crippen LogP contribution in [0.15, 0.2) is 42.5 Å². The second-order valence-corrected chi connectivity index (χ2v) is 7.27. The molecule has 5 N–H and O–H groups in total. The monoisotopic (exact) mass is 325 g/mol. The average molecular weight is 325 g/mol. The maximum atomic E-state index is 12.4. The van der Waals surface area contributed by atoms with Crippen LogP contribution in [0.2, 0.25) is 0 Å². The summed E-state index contributed by atoms with van der Waals surface area (Å²) in [6, 6.07) is 13.7. The third-order valence-electron chi connectivity index (χ3n) is 4.29. The summed E-state index contributed by atoms with van der Waals surface area (Å²) in [7, 11) is 0. The molecule has 4 nitrogen and oxygen atoms in total. The van der Waals surface area contributed by atoms with E-state index in [9.17, 15) is 4.79 Å². The number of benzene rings is 2. The third kappa shape index (κ3) is 4.28. The van der Waals surface area contributed by atoms with Crippen molar-refractivity contribution in [3.63, 3.8) is 0 Å². The van der Waals surface area contributed by atoms with Gasteiger partial charge in [0.2, 0.25) is 5.91 Å². The first-order valence-electron chi connectivity index (χ1n) is 8.20. The van der Waals surface area contributed by atoms with Gasteiger partial charge in [-0.1, -0.05) is 51.1 Å². The molecule has 128 valence electrons. The molecule has 0 aliphatic carbocycles. The molecule has 0 aliphatic heterocycles. The van der Waals surface area contributed by atoms with Gasteiger partial charge in [0.25, 0.3) is 0 Å². The lowest BCUT2D eigenvalue weighted by atomic mass is 9.87. The number of hydrogen-bond donors (Lipinski definition) is 3. The summed E-state index contributed by atoms with van der Waals surface area (Å²) in [5.74, 6) is -0.305. The van der Waals surface area contributed by atoms with Crippen molar-refractivity contribution in [3.05, 3.63) is 59.2 Å². The number of rotatable bonds is 4. The van der Waals surface area contributed by atoms with E-state index in [-0.39, 0.29) is 17.2 Å². The van der Waals surface area contributed by atoms with Crippen molar-refractivity contribution >= 4 is 17.3 Å². The standard InChI is InChI=1S/C20H27N3O/c1-13(15-7-10-17(21)18(22)11-15)19(24)23-12-14-5-8-16(9-6-14)20(2,3)4/h5-11,13H,12,21-22H2,1-4H3,(H,23,24). The van der Waals surface area contributed by atoms with Gasteiger partial charge in [-0.3, -0.25) is 4.79 Å². The van der Waals surface area contributed by atoms with Gasteiger partial charge in [-0.15, -0.1) is 0 Å². The molecule has 2 aromatic rings. The first kappa shape index (κ1) is 17.9. The SMILES string of the molecule is CC(C(=O)NCc1ccc(C(C)(C)C)cc1)c1ccc(N)c(N)c1. The summed E-state index contributed by atoms with van der Waals surface area (Å²) in [6.07, 6.45) is 0. The molecule has 0 aliphatic rings. The lowest BCUT2D eigenvalue weighted by molar-refractivity contribution is -0.122. The fraction of sp³-hybridized carbons (Fsp3) is 0.350. The second kappa shape index (κ2) is 6.95. The van der Waals surface area contributed by atoms with Gasteiger partial charge >= 0.3 is 0 Å². The van der Waals surface area contributed by atoms with Gasteiger partial charge in [0.1, 0.15) is 0 Å². The van der Waals surface area contributed by atoms with Crippen molar-refractivity contribution in [3.8, 4) is 0 Å². The molecule has 2 rings (SSSR count). The van der Waals surface area contributed by atoms with Crippen LogP contribution >= 0.6 is 0 Å². The molecule has 0 radical (unpaired) electrons. The fourth-order valence-electron chi connectivity index (χ4n) is 2.48. The fourth-order valence-corrected chi connectivity index (χ4v) is 2.48. The Morgan fingerprint density at radius 3 is 2.21 bits per heavy atom. The van der Waals surface area contributed by atoms with Gasteiger partial charge < -0.3 is 16.8 Å². The minimum atomic E-state index is -0.276. The van der Waals surface area contributed by atoms with Gasteiger partial charge in [-0.25, -0.2) is 0 Å². The molecule has 0 heterocycles. The van der Waals surface area contributed by atoms with Crippen LogP contribution in [0.25, 0.3) is 0 Å². The minimum Gasteiger partial charge on any atom is -0.397 e. The zero-order chi connectivity index (χ0) is 17.9. The van der Waals surface area contributed by atoms with E-state index in [2.05, 4.69) is 50.4 Å². The van der Waals surface area contributed by atoms with Crippen LogP contribution in [0.1, 0.15) is 50.3 Å². The second-order valence-electron chi connectivity index (χ2n) is 7.27. The lowest BCUT2D eigenvalue weighted by Gasteiger charge is -2.19. The number of amides is 1. The average Bonchev–Trinajstić information content (AvgIpc) is 2.54. The Bertz CT molecular complexity index is 715. The first-order chi connectivity index (χ1) is 11.2. The zero-order valence-electron chi connectivity index (χ0n) is 14.9. The van der Waals surface area contributed by atoms with E-state index in [1.54, 1.807) is 12.1 Å². The predicted octanol–water partition coefficient (Wildman–Crippen LogP) is 3.57. The van der Waals surface area contributed by atoms with Gasteiger partial charge in [0.05, 0.1) is 17.3 Å². The maximum Gasteiger partial charge on any atom is 0.227 e. The lowest BCUT2D eigenvalue weighted by Crippen LogP contribution is -2.27. The van der Waals surface area contributed by atoms with Crippen molar-refractivity contribution in [1.29, 1.82) is 0 Å². The summed E-state index contributed by atoms with van der Waals surface area (Å²) in [6.45, 7) is 8.93. The van der Waals surface area contributed by atoms with Crippen molar-refractivity contribution < 1.29 is 4.79 Å². The molecule has 1 amide bonds. The molecule has 0 spiro atoms. The Balaban J connectivity index is 1.98. The highest BCUT2D eigenvalue weighted by atomic mass is 16.1. The van der Waals surface area contributed by atoms with E-state index < -0.39 is 0 Å². The van der Waals surface area contributed by atoms with Crippen molar-refractivity contribution in [1.82, 2.24) is 5.32 Å². The number of nitrogen functional groups attached to an aromatic ring is 2. The Morgan fingerprint density at radius 2 is 1.67 bits per heavy atom. The van der Waals surface area contributed by atoms with Crippen LogP contribution in [-0.2, 0) is 16.8 Å². The maximum absolute atomic E-state index is 12.4. The summed E-state index contributed by atoms with van der Waals surface area (Å²) >= 11 is 0. The third-order valence-corrected chi connectivity index (χ3v) is 4.29. The first-order valence-corrected chi connectivity index (χ1v) is 8.20. The molecule has 1 unspecified atom stereocenters. The van der Waals surface area contributed by atoms with E-state index >= 15 is 0 Å². The normalized spacial score (nSPS) is 12.7. The van der Waals surface area contributed by atoms with Gasteiger partial charge in [-0.05, 0) is 41.2 Å². The van der Waals surface area contributed by atoms with E-state index in [4.69, 9.17) is 11.5 Å². The van der Waals surface area contributed by atoms with E-state index in [1.165, 1.54) is 5.56 Å². The minimum absolute atomic E-state index is 0.0286. The van der Waals surface area contributed by atoms with Crippen LogP contribution in [0.4, 0.5) is 11.4 Å². The molecule has 0 saturated carbocycles. The summed E-state index contributed by atoms with van der Waals surface area (Å²) in [5, 5.41) is 2.98. The molecule has 1 atom stereocenters. The molecule has 0 fully saturated rings. The molecular formula is C20H27N3O. The summed E-state index contributed by atoms with van der Waals surface area (Å²) in [4.78, 5) is 12.4. The molecule has 0 saturated heterocycles. The Kier molecular flexibility index (Phi) is 5.17. The molecular weight excluding hydrogens is 298 g/mol. The molecule has 4 heteroatoms. The molecule has 24 heavy (non-hydrogen) atoms. The Labute approximate surface area is 144 Å². The van der Waals surface area contributed by atoms with Crippen LogP contribution < -0.4 is 16.8 Å². The van der Waals surface area contributed by atoms with Crippen molar-refractivity contribution in [2.45, 2.75) is 45.6 Å². The smallest absolute Gasteiger partial charge is 0.227 e. The van der Waals surface area contributed by atoms with Crippen LogP contribution in [0, 0.1) is 0 Å². The number of anilines is 2. The molecule has 0 aromatic heterocycles. The van der Waals surface area contributed by atoms with Crippen molar-refractivity contribution in [2.24, 2.45) is 0 Å². The zero-order valence-corrected chi connectivity index (χ0v) is 14.9. The van der Waals surface area contributed by atoms with Crippen molar-refractivity contribution in [2.75, 3.05) is 11.5 Å². The highest BCUT2D eigenvalue weighted by Crippen LogP contribution is 2.23. The Hall–Kier alpha value is -2.49. The number of nitrogens with one attached hydrogen (secondary N) is 1. The Morgan fingerprint density at radius 1 is 1.04 bits per heavy atom. The van der Waals surface area contributed by atoms with Crippen LogP contribution in [0.3, 0.4) is 0 Å². The number of carbonyl (C=O) groups is 1. The molecule has 0 bridgehead atoms. The largest absolute Gasteiger partial charge is 0.397 e. The topological polar surface area (TPSA) is 81.1 Å². The van der Waals surface area contributed by atoms with Gasteiger partial charge in [0.15, 0.2) is 0 Å². The number of hydrogen-bond acceptors (Lipinski definition) is 3. The molecule has 2 aromatic carbocycles. The van der Waals surface area contributed by atoms with E-state index in [1.807, 2.05) is 13.0 Å². The summed E-state index contributed by atoms with van der Waals surface area (Å²) < 4.78 is 0. The van der Waals surface area contributed by atoms with E-state index in [0.717, 1.165) is 11.1 Å². The van der Waals surface area contributed by atoms with Gasteiger partial charge in [-0.2, -0.15) is 0 Å². The predicted molar refractivity (Wildman–Crippen MR) is 101 cm³/mol. The quantitative estimate of drug-likeness (QED) is 0.752. The highest BCUT2D eigenvalue weighted by Gasteiger charge is 2.16. The summed E-state index contributed by atoms with van der Waals surface area (Å²) in [5.41, 5.74) is 15.9. The number of carbonyl (C=O) groups excluding carboxylic acids is 1. The van der Waals surface area contributed by atoms with Crippen LogP contribution in [-0.4, -0.2) is 5.91 Å². The highest BCUT2D eigenvalue weighted by molar-refractivity contribution is 5.84. The van der Waals surface area contributed by atoms with Crippen LogP contribution in [0.5, 0.6) is 0 Å². The van der Waals surface area contributed by atoms with E-state index in [0.29, 0.717) is 17.9 Å².